The van der Waals surface area contributed by atoms with Crippen molar-refractivity contribution in [3.05, 3.63) is 76.1 Å². The summed E-state index contributed by atoms with van der Waals surface area (Å²) in [5.74, 6) is 0.305. The largest absolute Gasteiger partial charge is 0.353 e. The molecule has 0 aliphatic heterocycles. The third-order valence-electron chi connectivity index (χ3n) is 4.28. The first kappa shape index (κ1) is 18.3. The van der Waals surface area contributed by atoms with Crippen molar-refractivity contribution in [2.75, 3.05) is 10.6 Å². The smallest absolute Gasteiger partial charge is 0.334 e. The van der Waals surface area contributed by atoms with Gasteiger partial charge in [0.05, 0.1) is 4.92 Å². The molecule has 138 valence electrons. The molecule has 0 atom stereocenters. The van der Waals surface area contributed by atoms with Crippen LogP contribution in [0.2, 0.25) is 0 Å². The molecular weight excluding hydrogens is 342 g/mol. The highest BCUT2D eigenvalue weighted by Gasteiger charge is 2.23. The summed E-state index contributed by atoms with van der Waals surface area (Å²) in [6.07, 6.45) is 3.04. The van der Waals surface area contributed by atoms with Crippen molar-refractivity contribution in [2.45, 2.75) is 26.7 Å². The van der Waals surface area contributed by atoms with Crippen molar-refractivity contribution in [1.29, 1.82) is 0 Å². The summed E-state index contributed by atoms with van der Waals surface area (Å²) in [5, 5.41) is 17.8. The van der Waals surface area contributed by atoms with Gasteiger partial charge in [0.15, 0.2) is 0 Å². The average molecular weight is 363 g/mol. The van der Waals surface area contributed by atoms with Gasteiger partial charge in [-0.2, -0.15) is 0 Å². The molecule has 0 aliphatic carbocycles. The van der Waals surface area contributed by atoms with Gasteiger partial charge in [0.1, 0.15) is 6.33 Å². The first-order valence-corrected chi connectivity index (χ1v) is 8.82. The summed E-state index contributed by atoms with van der Waals surface area (Å²) in [5.41, 5.74) is 3.57. The Morgan fingerprint density at radius 1 is 0.926 bits per heavy atom. The normalized spacial score (nSPS) is 10.4. The molecule has 2 aromatic carbocycles. The van der Waals surface area contributed by atoms with Crippen molar-refractivity contribution >= 4 is 28.7 Å². The number of benzene rings is 2. The lowest BCUT2D eigenvalue weighted by molar-refractivity contribution is -0.383. The second kappa shape index (κ2) is 8.27. The lowest BCUT2D eigenvalue weighted by atomic mass is 10.1. The zero-order valence-corrected chi connectivity index (χ0v) is 15.3. The van der Waals surface area contributed by atoms with Crippen molar-refractivity contribution in [3.63, 3.8) is 0 Å². The third-order valence-corrected chi connectivity index (χ3v) is 4.28. The van der Waals surface area contributed by atoms with E-state index in [2.05, 4.69) is 27.5 Å². The van der Waals surface area contributed by atoms with Crippen LogP contribution in [-0.2, 0) is 12.8 Å². The Labute approximate surface area is 157 Å². The number of hydrogen-bond donors (Lipinski definition) is 2. The maximum Gasteiger partial charge on any atom is 0.353 e. The standard InChI is InChI=1S/C20H21N5O2/c1-3-14-9-11-16(12-10-14)23-19-18(25(26)27)20(22-13-21-19)24-17-8-6-5-7-15(17)4-2/h5-13H,3-4H2,1-2H3,(H2,21,22,23,24). The highest BCUT2D eigenvalue weighted by Crippen LogP contribution is 2.33. The number of rotatable bonds is 7. The molecule has 1 aromatic heterocycles. The zero-order chi connectivity index (χ0) is 19.2. The molecular formula is C20H21N5O2. The third kappa shape index (κ3) is 4.20. The molecule has 0 saturated heterocycles. The van der Waals surface area contributed by atoms with Crippen LogP contribution in [0.4, 0.5) is 28.7 Å². The van der Waals surface area contributed by atoms with Crippen LogP contribution in [0, 0.1) is 10.1 Å². The van der Waals surface area contributed by atoms with Gasteiger partial charge in [-0.15, -0.1) is 0 Å². The SMILES string of the molecule is CCc1ccc(Nc2ncnc(Nc3ccccc3CC)c2[N+](=O)[O-])cc1. The van der Waals surface area contributed by atoms with Gasteiger partial charge in [0, 0.05) is 11.4 Å². The molecule has 27 heavy (non-hydrogen) atoms. The minimum absolute atomic E-state index is 0.149. The quantitative estimate of drug-likeness (QED) is 0.453. The van der Waals surface area contributed by atoms with E-state index >= 15 is 0 Å². The van der Waals surface area contributed by atoms with Gasteiger partial charge in [-0.25, -0.2) is 9.97 Å². The number of aryl methyl sites for hydroxylation is 2. The predicted molar refractivity (Wildman–Crippen MR) is 107 cm³/mol. The summed E-state index contributed by atoms with van der Waals surface area (Å²) in [6, 6.07) is 15.4. The van der Waals surface area contributed by atoms with Crippen LogP contribution in [0.1, 0.15) is 25.0 Å². The van der Waals surface area contributed by atoms with Crippen molar-refractivity contribution in [2.24, 2.45) is 0 Å². The molecule has 0 fully saturated rings. The van der Waals surface area contributed by atoms with Crippen molar-refractivity contribution < 1.29 is 4.92 Å². The molecule has 0 unspecified atom stereocenters. The molecule has 2 N–H and O–H groups in total. The van der Waals surface area contributed by atoms with Gasteiger partial charge in [-0.3, -0.25) is 10.1 Å². The Bertz CT molecular complexity index is 941. The monoisotopic (exact) mass is 363 g/mol. The summed E-state index contributed by atoms with van der Waals surface area (Å²) in [6.45, 7) is 4.10. The van der Waals surface area contributed by atoms with E-state index in [-0.39, 0.29) is 17.3 Å². The molecule has 0 spiro atoms. The number of nitrogens with zero attached hydrogens (tertiary/aromatic N) is 3. The molecule has 1 heterocycles. The Morgan fingerprint density at radius 2 is 1.59 bits per heavy atom. The molecule has 0 bridgehead atoms. The maximum absolute atomic E-state index is 11.7. The van der Waals surface area contributed by atoms with Gasteiger partial charge in [-0.05, 0) is 42.2 Å². The highest BCUT2D eigenvalue weighted by atomic mass is 16.6. The number of hydrogen-bond acceptors (Lipinski definition) is 6. The molecule has 0 radical (unpaired) electrons. The minimum atomic E-state index is -0.473. The lowest BCUT2D eigenvalue weighted by Crippen LogP contribution is -2.06. The van der Waals surface area contributed by atoms with E-state index < -0.39 is 4.92 Å². The van der Waals surface area contributed by atoms with E-state index in [4.69, 9.17) is 0 Å². The minimum Gasteiger partial charge on any atom is -0.334 e. The first-order valence-electron chi connectivity index (χ1n) is 8.82. The Balaban J connectivity index is 1.95. The predicted octanol–water partition coefficient (Wildman–Crippen LogP) is 5.00. The molecule has 3 aromatic rings. The second-order valence-corrected chi connectivity index (χ2v) is 5.99. The Hall–Kier alpha value is -3.48. The van der Waals surface area contributed by atoms with Crippen LogP contribution >= 0.6 is 0 Å². The fraction of sp³-hybridized carbons (Fsp3) is 0.200. The summed E-state index contributed by atoms with van der Waals surface area (Å²) in [4.78, 5) is 19.4. The first-order chi connectivity index (χ1) is 13.1. The van der Waals surface area contributed by atoms with Crippen molar-refractivity contribution in [3.8, 4) is 0 Å². The molecule has 7 nitrogen and oxygen atoms in total. The Kier molecular flexibility index (Phi) is 5.61. The van der Waals surface area contributed by atoms with Crippen LogP contribution in [0.3, 0.4) is 0 Å². The van der Waals surface area contributed by atoms with Crippen molar-refractivity contribution in [1.82, 2.24) is 9.97 Å². The van der Waals surface area contributed by atoms with Crippen LogP contribution < -0.4 is 10.6 Å². The number of anilines is 4. The number of nitrogens with one attached hydrogen (secondary N) is 2. The molecule has 0 aliphatic rings. The van der Waals surface area contributed by atoms with Gasteiger partial charge in [0.25, 0.3) is 0 Å². The highest BCUT2D eigenvalue weighted by molar-refractivity contribution is 5.77. The van der Waals surface area contributed by atoms with E-state index in [0.29, 0.717) is 0 Å². The van der Waals surface area contributed by atoms with Gasteiger partial charge >= 0.3 is 5.69 Å². The zero-order valence-electron chi connectivity index (χ0n) is 15.3. The topological polar surface area (TPSA) is 93.0 Å². The molecule has 0 saturated carbocycles. The average Bonchev–Trinajstić information content (AvgIpc) is 2.69. The van der Waals surface area contributed by atoms with Crippen LogP contribution in [0.25, 0.3) is 0 Å². The van der Waals surface area contributed by atoms with Gasteiger partial charge in [0.2, 0.25) is 11.6 Å². The second-order valence-electron chi connectivity index (χ2n) is 5.99. The van der Waals surface area contributed by atoms with Crippen LogP contribution in [0.5, 0.6) is 0 Å². The number of aromatic nitrogens is 2. The van der Waals surface area contributed by atoms with Crippen LogP contribution in [-0.4, -0.2) is 14.9 Å². The fourth-order valence-electron chi connectivity index (χ4n) is 2.77. The summed E-state index contributed by atoms with van der Waals surface area (Å²) < 4.78 is 0. The van der Waals surface area contributed by atoms with E-state index in [1.54, 1.807) is 0 Å². The summed E-state index contributed by atoms with van der Waals surface area (Å²) in [7, 11) is 0. The lowest BCUT2D eigenvalue weighted by Gasteiger charge is -2.12. The molecule has 3 rings (SSSR count). The van der Waals surface area contributed by atoms with E-state index in [9.17, 15) is 10.1 Å². The fourth-order valence-corrected chi connectivity index (χ4v) is 2.77. The van der Waals surface area contributed by atoms with E-state index in [1.165, 1.54) is 11.9 Å². The number of para-hydroxylation sites is 1. The van der Waals surface area contributed by atoms with Gasteiger partial charge in [-0.1, -0.05) is 44.2 Å². The molecule has 7 heteroatoms. The maximum atomic E-state index is 11.7. The van der Waals surface area contributed by atoms with Gasteiger partial charge < -0.3 is 10.6 Å². The summed E-state index contributed by atoms with van der Waals surface area (Å²) >= 11 is 0. The molecule has 0 amide bonds. The van der Waals surface area contributed by atoms with E-state index in [0.717, 1.165) is 29.8 Å². The number of nitro groups is 1. The van der Waals surface area contributed by atoms with E-state index in [1.807, 2.05) is 55.5 Å². The van der Waals surface area contributed by atoms with Crippen LogP contribution in [0.15, 0.2) is 54.9 Å². The Morgan fingerprint density at radius 3 is 2.22 bits per heavy atom.